The first-order chi connectivity index (χ1) is 7.81. The van der Waals surface area contributed by atoms with E-state index in [4.69, 9.17) is 15.2 Å². The molecule has 3 nitrogen and oxygen atoms in total. The zero-order valence-corrected chi connectivity index (χ0v) is 10.4. The molecule has 0 radical (unpaired) electrons. The molecule has 0 aromatic heterocycles. The van der Waals surface area contributed by atoms with Gasteiger partial charge in [-0.15, -0.1) is 0 Å². The van der Waals surface area contributed by atoms with Crippen LogP contribution in [0.2, 0.25) is 0 Å². The Morgan fingerprint density at radius 2 is 1.88 bits per heavy atom. The third kappa shape index (κ3) is 2.96. The van der Waals surface area contributed by atoms with Crippen molar-refractivity contribution in [1.82, 2.24) is 0 Å². The van der Waals surface area contributed by atoms with Gasteiger partial charge in [0.25, 0.3) is 0 Å². The van der Waals surface area contributed by atoms with Crippen molar-refractivity contribution in [3.63, 3.8) is 0 Å². The summed E-state index contributed by atoms with van der Waals surface area (Å²) in [6.07, 6.45) is 8.24. The zero-order chi connectivity index (χ0) is 11.4. The monoisotopic (exact) mass is 227 g/mol. The molecule has 3 atom stereocenters. The lowest BCUT2D eigenvalue weighted by atomic mass is 9.85. The molecule has 0 saturated heterocycles. The number of rotatable bonds is 5. The molecule has 0 amide bonds. The minimum Gasteiger partial charge on any atom is -0.375 e. The maximum atomic E-state index is 5.95. The summed E-state index contributed by atoms with van der Waals surface area (Å²) in [5.74, 6) is 0.785. The van der Waals surface area contributed by atoms with Gasteiger partial charge in [0.15, 0.2) is 0 Å². The van der Waals surface area contributed by atoms with Gasteiger partial charge in [0.1, 0.15) is 0 Å². The summed E-state index contributed by atoms with van der Waals surface area (Å²) in [7, 11) is 0. The van der Waals surface area contributed by atoms with Crippen LogP contribution < -0.4 is 5.73 Å². The summed E-state index contributed by atoms with van der Waals surface area (Å²) in [4.78, 5) is 0. The Labute approximate surface area is 98.7 Å². The average molecular weight is 227 g/mol. The molecule has 94 valence electrons. The van der Waals surface area contributed by atoms with Crippen LogP contribution in [-0.2, 0) is 9.47 Å². The van der Waals surface area contributed by atoms with Gasteiger partial charge in [0, 0.05) is 19.3 Å². The van der Waals surface area contributed by atoms with Crippen LogP contribution in [0.25, 0.3) is 0 Å². The van der Waals surface area contributed by atoms with E-state index in [0.717, 1.165) is 25.6 Å². The first-order valence-electron chi connectivity index (χ1n) is 6.80. The van der Waals surface area contributed by atoms with Gasteiger partial charge in [0.05, 0.1) is 12.2 Å². The van der Waals surface area contributed by atoms with Crippen LogP contribution in [0.5, 0.6) is 0 Å². The van der Waals surface area contributed by atoms with E-state index in [2.05, 4.69) is 0 Å². The van der Waals surface area contributed by atoms with Crippen molar-refractivity contribution in [2.24, 2.45) is 11.7 Å². The summed E-state index contributed by atoms with van der Waals surface area (Å²) in [5.41, 5.74) is 5.90. The molecule has 0 bridgehead atoms. The van der Waals surface area contributed by atoms with Gasteiger partial charge >= 0.3 is 0 Å². The van der Waals surface area contributed by atoms with Gasteiger partial charge in [-0.05, 0) is 32.1 Å². The van der Waals surface area contributed by atoms with E-state index in [-0.39, 0.29) is 18.2 Å². The Kier molecular flexibility index (Phi) is 4.62. The summed E-state index contributed by atoms with van der Waals surface area (Å²) in [6, 6.07) is 0.191. The van der Waals surface area contributed by atoms with Crippen LogP contribution in [0.15, 0.2) is 0 Å². The van der Waals surface area contributed by atoms with Crippen molar-refractivity contribution in [3.8, 4) is 0 Å². The summed E-state index contributed by atoms with van der Waals surface area (Å²) in [5, 5.41) is 0. The topological polar surface area (TPSA) is 44.5 Å². The van der Waals surface area contributed by atoms with Gasteiger partial charge in [-0.25, -0.2) is 0 Å². The normalized spacial score (nSPS) is 36.0. The van der Waals surface area contributed by atoms with Crippen LogP contribution >= 0.6 is 0 Å². The van der Waals surface area contributed by atoms with Gasteiger partial charge in [-0.2, -0.15) is 0 Å². The lowest BCUT2D eigenvalue weighted by Crippen LogP contribution is -2.58. The minimum atomic E-state index is 0.147. The Morgan fingerprint density at radius 1 is 1.12 bits per heavy atom. The molecule has 16 heavy (non-hydrogen) atoms. The van der Waals surface area contributed by atoms with Crippen molar-refractivity contribution in [1.29, 1.82) is 0 Å². The minimum absolute atomic E-state index is 0.147. The molecule has 0 spiro atoms. The highest BCUT2D eigenvalue weighted by molar-refractivity contribution is 4.95. The highest BCUT2D eigenvalue weighted by Gasteiger charge is 2.40. The molecular formula is C13H25NO2. The lowest BCUT2D eigenvalue weighted by molar-refractivity contribution is -0.144. The van der Waals surface area contributed by atoms with Gasteiger partial charge in [-0.3, -0.25) is 0 Å². The molecule has 0 aromatic rings. The summed E-state index contributed by atoms with van der Waals surface area (Å²) in [6.45, 7) is 3.67. The Bertz CT molecular complexity index is 204. The maximum absolute atomic E-state index is 5.95. The van der Waals surface area contributed by atoms with Crippen LogP contribution in [0.4, 0.5) is 0 Å². The maximum Gasteiger partial charge on any atom is 0.0988 e. The smallest absolute Gasteiger partial charge is 0.0988 e. The highest BCUT2D eigenvalue weighted by atomic mass is 16.5. The highest BCUT2D eigenvalue weighted by Crippen LogP contribution is 2.29. The first kappa shape index (κ1) is 12.3. The molecule has 2 aliphatic carbocycles. The fraction of sp³-hybridized carbons (Fsp3) is 1.00. The number of ether oxygens (including phenoxy) is 2. The number of hydrogen-bond acceptors (Lipinski definition) is 3. The third-order valence-electron chi connectivity index (χ3n) is 3.92. The quantitative estimate of drug-likeness (QED) is 0.782. The van der Waals surface area contributed by atoms with Crippen LogP contribution in [0.3, 0.4) is 0 Å². The number of nitrogens with two attached hydrogens (primary N) is 1. The second kappa shape index (κ2) is 5.99. The van der Waals surface area contributed by atoms with E-state index in [0.29, 0.717) is 0 Å². The van der Waals surface area contributed by atoms with Gasteiger partial charge < -0.3 is 15.2 Å². The van der Waals surface area contributed by atoms with E-state index in [1.165, 1.54) is 32.1 Å². The van der Waals surface area contributed by atoms with Crippen molar-refractivity contribution < 1.29 is 9.47 Å². The second-order valence-electron chi connectivity index (χ2n) is 5.20. The second-order valence-corrected chi connectivity index (χ2v) is 5.20. The molecular weight excluding hydrogens is 202 g/mol. The van der Waals surface area contributed by atoms with E-state index in [9.17, 15) is 0 Å². The SMILES string of the molecule is CCOC1C(N)CC1OCC1CCCCC1. The largest absolute Gasteiger partial charge is 0.375 e. The van der Waals surface area contributed by atoms with Crippen LogP contribution in [0.1, 0.15) is 45.4 Å². The van der Waals surface area contributed by atoms with Crippen molar-refractivity contribution in [2.75, 3.05) is 13.2 Å². The molecule has 2 fully saturated rings. The molecule has 3 unspecified atom stereocenters. The molecule has 2 aliphatic rings. The summed E-state index contributed by atoms with van der Waals surface area (Å²) >= 11 is 0. The predicted octanol–water partition coefficient (Wildman–Crippen LogP) is 2.09. The molecule has 3 heteroatoms. The standard InChI is InChI=1S/C13H25NO2/c1-2-15-13-11(14)8-12(13)16-9-10-6-4-3-5-7-10/h10-13H,2-9,14H2,1H3. The van der Waals surface area contributed by atoms with Crippen LogP contribution in [0, 0.1) is 5.92 Å². The first-order valence-corrected chi connectivity index (χ1v) is 6.80. The Morgan fingerprint density at radius 3 is 2.50 bits per heavy atom. The Balaban J connectivity index is 1.65. The molecule has 0 heterocycles. The molecule has 2 saturated carbocycles. The molecule has 2 rings (SSSR count). The summed E-state index contributed by atoms with van der Waals surface area (Å²) < 4.78 is 11.5. The Hall–Kier alpha value is -0.120. The van der Waals surface area contributed by atoms with E-state index < -0.39 is 0 Å². The van der Waals surface area contributed by atoms with Crippen molar-refractivity contribution in [3.05, 3.63) is 0 Å². The van der Waals surface area contributed by atoms with E-state index in [1.54, 1.807) is 0 Å². The van der Waals surface area contributed by atoms with Gasteiger partial charge in [-0.1, -0.05) is 19.3 Å². The fourth-order valence-corrected chi connectivity index (χ4v) is 2.82. The lowest BCUT2D eigenvalue weighted by Gasteiger charge is -2.42. The zero-order valence-electron chi connectivity index (χ0n) is 10.4. The fourth-order valence-electron chi connectivity index (χ4n) is 2.82. The average Bonchev–Trinajstić information content (AvgIpc) is 2.32. The van der Waals surface area contributed by atoms with Crippen molar-refractivity contribution >= 4 is 0 Å². The van der Waals surface area contributed by atoms with E-state index in [1.807, 2.05) is 6.92 Å². The molecule has 2 N–H and O–H groups in total. The third-order valence-corrected chi connectivity index (χ3v) is 3.92. The van der Waals surface area contributed by atoms with E-state index >= 15 is 0 Å². The van der Waals surface area contributed by atoms with Crippen molar-refractivity contribution in [2.45, 2.75) is 63.7 Å². The predicted molar refractivity (Wildman–Crippen MR) is 64.3 cm³/mol. The molecule has 0 aromatic carbocycles. The van der Waals surface area contributed by atoms with Crippen LogP contribution in [-0.4, -0.2) is 31.5 Å². The number of hydrogen-bond donors (Lipinski definition) is 1. The molecule has 0 aliphatic heterocycles. The van der Waals surface area contributed by atoms with Gasteiger partial charge in [0.2, 0.25) is 0 Å².